The molecule has 28 heavy (non-hydrogen) atoms. The van der Waals surface area contributed by atoms with Gasteiger partial charge in [0.2, 0.25) is 0 Å². The molecule has 0 aromatic heterocycles. The second kappa shape index (κ2) is 7.83. The Morgan fingerprint density at radius 3 is 2.14 bits per heavy atom. The van der Waals surface area contributed by atoms with E-state index < -0.39 is 5.60 Å². The molecule has 1 aliphatic heterocycles. The molecular formula is C25H31NO2. The smallest absolute Gasteiger partial charge is 0.410 e. The number of likely N-dealkylation sites (tertiary alicyclic amines) is 1. The summed E-state index contributed by atoms with van der Waals surface area (Å²) in [6.45, 7) is 13.7. The summed E-state index contributed by atoms with van der Waals surface area (Å²) in [4.78, 5) is 14.4. The van der Waals surface area contributed by atoms with Crippen LogP contribution < -0.4 is 0 Å². The molecule has 0 aliphatic carbocycles. The van der Waals surface area contributed by atoms with Crippen molar-refractivity contribution in [1.29, 1.82) is 0 Å². The van der Waals surface area contributed by atoms with Gasteiger partial charge < -0.3 is 9.64 Å². The van der Waals surface area contributed by atoms with Crippen LogP contribution >= 0.6 is 0 Å². The number of hydrogen-bond donors (Lipinski definition) is 0. The van der Waals surface area contributed by atoms with Crippen molar-refractivity contribution in [2.45, 2.75) is 51.6 Å². The maximum absolute atomic E-state index is 12.5. The molecule has 0 N–H and O–H groups in total. The molecule has 0 bridgehead atoms. The third-order valence-corrected chi connectivity index (χ3v) is 5.64. The summed E-state index contributed by atoms with van der Waals surface area (Å²) in [6, 6.07) is 19.0. The zero-order chi connectivity index (χ0) is 20.4. The lowest BCUT2D eigenvalue weighted by Gasteiger charge is -2.44. The summed E-state index contributed by atoms with van der Waals surface area (Å²) in [5.74, 6) is 0. The second-order valence-corrected chi connectivity index (χ2v) is 8.71. The van der Waals surface area contributed by atoms with Crippen LogP contribution in [0.1, 0.15) is 50.3 Å². The van der Waals surface area contributed by atoms with Crippen LogP contribution in [-0.2, 0) is 10.2 Å². The minimum atomic E-state index is -0.476. The van der Waals surface area contributed by atoms with Crippen LogP contribution in [0.25, 0.3) is 5.57 Å². The van der Waals surface area contributed by atoms with E-state index in [0.717, 1.165) is 18.4 Å². The van der Waals surface area contributed by atoms with Crippen molar-refractivity contribution in [1.82, 2.24) is 4.90 Å². The Labute approximate surface area is 169 Å². The summed E-state index contributed by atoms with van der Waals surface area (Å²) in [7, 11) is 0. The number of hydrogen-bond acceptors (Lipinski definition) is 2. The Morgan fingerprint density at radius 1 is 1.00 bits per heavy atom. The first-order chi connectivity index (χ1) is 13.2. The number of piperidine rings is 1. The van der Waals surface area contributed by atoms with Crippen LogP contribution in [-0.4, -0.2) is 29.7 Å². The minimum Gasteiger partial charge on any atom is -0.444 e. The number of ether oxygens (including phenoxy) is 1. The van der Waals surface area contributed by atoms with Gasteiger partial charge in [0.15, 0.2) is 0 Å². The van der Waals surface area contributed by atoms with Crippen molar-refractivity contribution in [3.05, 3.63) is 77.9 Å². The number of aryl methyl sites for hydroxylation is 1. The fourth-order valence-corrected chi connectivity index (χ4v) is 4.09. The van der Waals surface area contributed by atoms with Gasteiger partial charge in [0.1, 0.15) is 5.60 Å². The van der Waals surface area contributed by atoms with Crippen LogP contribution in [0.5, 0.6) is 0 Å². The Kier molecular flexibility index (Phi) is 5.64. The summed E-state index contributed by atoms with van der Waals surface area (Å²) in [5, 5.41) is 0. The molecule has 1 fully saturated rings. The lowest BCUT2D eigenvalue weighted by molar-refractivity contribution is 0.0186. The summed E-state index contributed by atoms with van der Waals surface area (Å²) < 4.78 is 5.58. The molecular weight excluding hydrogens is 346 g/mol. The minimum absolute atomic E-state index is 0.175. The van der Waals surface area contributed by atoms with E-state index in [0.29, 0.717) is 13.1 Å². The number of benzene rings is 2. The van der Waals surface area contributed by atoms with Crippen LogP contribution in [0, 0.1) is 6.92 Å². The number of amides is 1. The first kappa shape index (κ1) is 20.2. The molecule has 3 nitrogen and oxygen atoms in total. The van der Waals surface area contributed by atoms with Crippen molar-refractivity contribution in [2.24, 2.45) is 0 Å². The Morgan fingerprint density at radius 2 is 1.57 bits per heavy atom. The van der Waals surface area contributed by atoms with Crippen molar-refractivity contribution in [3.63, 3.8) is 0 Å². The van der Waals surface area contributed by atoms with E-state index >= 15 is 0 Å². The number of carbonyl (C=O) groups excluding carboxylic acids is 1. The number of allylic oxidation sites excluding steroid dienone is 1. The highest BCUT2D eigenvalue weighted by molar-refractivity contribution is 5.76. The van der Waals surface area contributed by atoms with E-state index in [2.05, 4.69) is 62.0 Å². The zero-order valence-electron chi connectivity index (χ0n) is 17.5. The summed E-state index contributed by atoms with van der Waals surface area (Å²) in [5.41, 5.74) is 4.20. The van der Waals surface area contributed by atoms with Crippen LogP contribution in [0.15, 0.2) is 61.2 Å². The largest absolute Gasteiger partial charge is 0.444 e. The van der Waals surface area contributed by atoms with Gasteiger partial charge in [-0.25, -0.2) is 4.79 Å². The average Bonchev–Trinajstić information content (AvgIpc) is 2.67. The molecule has 1 amide bonds. The molecule has 3 rings (SSSR count). The summed E-state index contributed by atoms with van der Waals surface area (Å²) >= 11 is 0. The quantitative estimate of drug-likeness (QED) is 0.659. The van der Waals surface area contributed by atoms with Crippen LogP contribution in [0.2, 0.25) is 0 Å². The van der Waals surface area contributed by atoms with Gasteiger partial charge in [-0.1, -0.05) is 61.2 Å². The maximum atomic E-state index is 12.5. The maximum Gasteiger partial charge on any atom is 0.410 e. The monoisotopic (exact) mass is 377 g/mol. The molecule has 0 saturated carbocycles. The standard InChI is InChI=1S/C25H31NO2/c1-19-11-9-10-14-22(19)20(2)25(21-12-7-6-8-13-21)15-17-26(18-16-25)23(27)28-24(3,4)5/h6-14H,2,15-18H2,1,3-5H3. The third kappa shape index (κ3) is 4.14. The number of rotatable bonds is 3. The van der Waals surface area contributed by atoms with E-state index in [1.807, 2.05) is 31.7 Å². The van der Waals surface area contributed by atoms with Gasteiger partial charge in [-0.05, 0) is 62.8 Å². The molecule has 0 radical (unpaired) electrons. The van der Waals surface area contributed by atoms with Crippen molar-refractivity contribution >= 4 is 11.7 Å². The molecule has 2 aromatic carbocycles. The molecule has 148 valence electrons. The highest BCUT2D eigenvalue weighted by atomic mass is 16.6. The van der Waals surface area contributed by atoms with Crippen molar-refractivity contribution < 1.29 is 9.53 Å². The lowest BCUT2D eigenvalue weighted by atomic mass is 9.66. The van der Waals surface area contributed by atoms with Gasteiger partial charge in [0, 0.05) is 18.5 Å². The Balaban J connectivity index is 1.90. The van der Waals surface area contributed by atoms with Gasteiger partial charge in [-0.3, -0.25) is 0 Å². The molecule has 1 heterocycles. The van der Waals surface area contributed by atoms with Crippen molar-refractivity contribution in [2.75, 3.05) is 13.1 Å². The van der Waals surface area contributed by atoms with Crippen molar-refractivity contribution in [3.8, 4) is 0 Å². The highest BCUT2D eigenvalue weighted by Gasteiger charge is 2.41. The second-order valence-electron chi connectivity index (χ2n) is 8.71. The van der Waals surface area contributed by atoms with E-state index in [4.69, 9.17) is 4.74 Å². The van der Waals surface area contributed by atoms with Gasteiger partial charge in [0.25, 0.3) is 0 Å². The van der Waals surface area contributed by atoms with Gasteiger partial charge >= 0.3 is 6.09 Å². The van der Waals surface area contributed by atoms with Gasteiger partial charge in [-0.2, -0.15) is 0 Å². The normalized spacial score (nSPS) is 16.5. The fraction of sp³-hybridized carbons (Fsp3) is 0.400. The molecule has 0 spiro atoms. The first-order valence-electron chi connectivity index (χ1n) is 10.0. The molecule has 2 aromatic rings. The highest BCUT2D eigenvalue weighted by Crippen LogP contribution is 2.46. The Hall–Kier alpha value is -2.55. The van der Waals surface area contributed by atoms with Crippen LogP contribution in [0.3, 0.4) is 0 Å². The fourth-order valence-electron chi connectivity index (χ4n) is 4.09. The predicted octanol–water partition coefficient (Wildman–Crippen LogP) is 5.98. The van der Waals surface area contributed by atoms with Gasteiger partial charge in [-0.15, -0.1) is 0 Å². The Bertz CT molecular complexity index is 840. The van der Waals surface area contributed by atoms with Gasteiger partial charge in [0.05, 0.1) is 0 Å². The van der Waals surface area contributed by atoms with Crippen LogP contribution in [0.4, 0.5) is 4.79 Å². The SMILES string of the molecule is C=C(c1ccccc1C)C1(c2ccccc2)CCN(C(=O)OC(C)(C)C)CC1. The average molecular weight is 378 g/mol. The molecule has 3 heteroatoms. The number of nitrogens with zero attached hydrogens (tertiary/aromatic N) is 1. The molecule has 0 atom stereocenters. The first-order valence-corrected chi connectivity index (χ1v) is 10.0. The van der Waals surface area contributed by atoms with E-state index in [1.165, 1.54) is 16.7 Å². The van der Waals surface area contributed by atoms with E-state index in [1.54, 1.807) is 0 Å². The predicted molar refractivity (Wildman–Crippen MR) is 115 cm³/mol. The molecule has 0 unspecified atom stereocenters. The topological polar surface area (TPSA) is 29.5 Å². The number of carbonyl (C=O) groups is 1. The molecule has 1 saturated heterocycles. The zero-order valence-corrected chi connectivity index (χ0v) is 17.5. The van der Waals surface area contributed by atoms with E-state index in [9.17, 15) is 4.79 Å². The summed E-state index contributed by atoms with van der Waals surface area (Å²) in [6.07, 6.45) is 1.45. The lowest BCUT2D eigenvalue weighted by Crippen LogP contribution is -2.47. The third-order valence-electron chi connectivity index (χ3n) is 5.64. The van der Waals surface area contributed by atoms with E-state index in [-0.39, 0.29) is 11.5 Å². The molecule has 1 aliphatic rings.